The quantitative estimate of drug-likeness (QED) is 0.861. The summed E-state index contributed by atoms with van der Waals surface area (Å²) >= 11 is 5.79. The van der Waals surface area contributed by atoms with Gasteiger partial charge in [-0.1, -0.05) is 35.4 Å². The van der Waals surface area contributed by atoms with Crippen LogP contribution in [0.25, 0.3) is 0 Å². The second-order valence-corrected chi connectivity index (χ2v) is 7.08. The van der Waals surface area contributed by atoms with E-state index in [1.807, 2.05) is 31.2 Å². The highest BCUT2D eigenvalue weighted by molar-refractivity contribution is 6.30. The molecule has 1 N–H and O–H groups in total. The molecule has 25 heavy (non-hydrogen) atoms. The molecule has 0 radical (unpaired) electrons. The third-order valence-corrected chi connectivity index (χ3v) is 4.92. The molecule has 3 rings (SSSR count). The first-order chi connectivity index (χ1) is 12.0. The van der Waals surface area contributed by atoms with Crippen LogP contribution in [0.3, 0.4) is 0 Å². The van der Waals surface area contributed by atoms with Gasteiger partial charge in [0.15, 0.2) is 0 Å². The molecular formula is C20H22ClFN2O. The number of hydrogen-bond donors (Lipinski definition) is 1. The zero-order valence-electron chi connectivity index (χ0n) is 14.3. The van der Waals surface area contributed by atoms with Crippen molar-refractivity contribution in [2.45, 2.75) is 26.3 Å². The molecule has 0 atom stereocenters. The minimum Gasteiger partial charge on any atom is -0.326 e. The second-order valence-electron chi connectivity index (χ2n) is 6.64. The minimum absolute atomic E-state index is 0.00705. The number of benzene rings is 2. The number of nitrogens with zero attached hydrogens (tertiary/aromatic N) is 1. The zero-order chi connectivity index (χ0) is 17.8. The van der Waals surface area contributed by atoms with Gasteiger partial charge < -0.3 is 5.32 Å². The molecule has 3 nitrogen and oxygen atoms in total. The number of aryl methyl sites for hydroxylation is 1. The van der Waals surface area contributed by atoms with E-state index in [9.17, 15) is 9.18 Å². The van der Waals surface area contributed by atoms with Crippen molar-refractivity contribution in [1.29, 1.82) is 0 Å². The standard InChI is InChI=1S/C20H22ClFN2O/c1-14-2-6-18(7-3-14)23-20(25)15-8-10-24(11-9-15)13-16-4-5-17(21)12-19(16)22/h2-7,12,15H,8-11,13H2,1H3,(H,23,25). The summed E-state index contributed by atoms with van der Waals surface area (Å²) in [6.07, 6.45) is 1.57. The Morgan fingerprint density at radius 3 is 2.52 bits per heavy atom. The van der Waals surface area contributed by atoms with Crippen LogP contribution in [-0.2, 0) is 11.3 Å². The highest BCUT2D eigenvalue weighted by atomic mass is 35.5. The van der Waals surface area contributed by atoms with E-state index in [4.69, 9.17) is 11.6 Å². The molecule has 0 saturated carbocycles. The van der Waals surface area contributed by atoms with E-state index >= 15 is 0 Å². The number of likely N-dealkylation sites (tertiary alicyclic amines) is 1. The molecular weight excluding hydrogens is 339 g/mol. The number of piperidine rings is 1. The molecule has 5 heteroatoms. The lowest BCUT2D eigenvalue weighted by molar-refractivity contribution is -0.121. The van der Waals surface area contributed by atoms with Gasteiger partial charge >= 0.3 is 0 Å². The van der Waals surface area contributed by atoms with Crippen molar-refractivity contribution in [2.24, 2.45) is 5.92 Å². The molecule has 1 fully saturated rings. The van der Waals surface area contributed by atoms with E-state index in [1.165, 1.54) is 11.6 Å². The van der Waals surface area contributed by atoms with E-state index in [2.05, 4.69) is 10.2 Å². The normalized spacial score (nSPS) is 16.0. The smallest absolute Gasteiger partial charge is 0.227 e. The summed E-state index contributed by atoms with van der Waals surface area (Å²) in [5, 5.41) is 3.40. The van der Waals surface area contributed by atoms with Gasteiger partial charge in [-0.15, -0.1) is 0 Å². The fourth-order valence-corrected chi connectivity index (χ4v) is 3.28. The lowest BCUT2D eigenvalue weighted by Gasteiger charge is -2.31. The largest absolute Gasteiger partial charge is 0.326 e. The number of hydrogen-bond acceptors (Lipinski definition) is 2. The van der Waals surface area contributed by atoms with Crippen molar-refractivity contribution < 1.29 is 9.18 Å². The van der Waals surface area contributed by atoms with Crippen molar-refractivity contribution >= 4 is 23.2 Å². The monoisotopic (exact) mass is 360 g/mol. The summed E-state index contributed by atoms with van der Waals surface area (Å²) in [4.78, 5) is 14.6. The van der Waals surface area contributed by atoms with Gasteiger partial charge in [-0.2, -0.15) is 0 Å². The first kappa shape index (κ1) is 17.9. The van der Waals surface area contributed by atoms with Crippen LogP contribution in [0.15, 0.2) is 42.5 Å². The van der Waals surface area contributed by atoms with Gasteiger partial charge in [-0.05, 0) is 57.1 Å². The zero-order valence-corrected chi connectivity index (χ0v) is 15.0. The molecule has 1 aliphatic rings. The van der Waals surface area contributed by atoms with E-state index < -0.39 is 0 Å². The Balaban J connectivity index is 1.51. The molecule has 0 unspecified atom stereocenters. The van der Waals surface area contributed by atoms with Crippen LogP contribution in [0.2, 0.25) is 5.02 Å². The molecule has 0 aliphatic carbocycles. The number of carbonyl (C=O) groups is 1. The van der Waals surface area contributed by atoms with Crippen LogP contribution in [-0.4, -0.2) is 23.9 Å². The predicted octanol–water partition coefficient (Wildman–Crippen LogP) is 4.64. The molecule has 2 aromatic rings. The van der Waals surface area contributed by atoms with Crippen molar-refractivity contribution in [3.8, 4) is 0 Å². The Hall–Kier alpha value is -1.91. The summed E-state index contributed by atoms with van der Waals surface area (Å²) in [6, 6.07) is 12.6. The van der Waals surface area contributed by atoms with Gasteiger partial charge in [0.1, 0.15) is 5.82 Å². The Labute approximate surface area is 152 Å². The minimum atomic E-state index is -0.272. The van der Waals surface area contributed by atoms with Crippen LogP contribution < -0.4 is 5.32 Å². The molecule has 132 valence electrons. The van der Waals surface area contributed by atoms with Gasteiger partial charge in [0.05, 0.1) is 0 Å². The SMILES string of the molecule is Cc1ccc(NC(=O)C2CCN(Cc3ccc(Cl)cc3F)CC2)cc1. The van der Waals surface area contributed by atoms with E-state index in [0.717, 1.165) is 31.6 Å². The molecule has 1 saturated heterocycles. The maximum atomic E-state index is 13.9. The average Bonchev–Trinajstić information content (AvgIpc) is 2.60. The lowest BCUT2D eigenvalue weighted by Crippen LogP contribution is -2.37. The average molecular weight is 361 g/mol. The molecule has 0 spiro atoms. The number of anilines is 1. The maximum Gasteiger partial charge on any atom is 0.227 e. The van der Waals surface area contributed by atoms with Crippen LogP contribution in [0, 0.1) is 18.7 Å². The van der Waals surface area contributed by atoms with Crippen LogP contribution in [0.5, 0.6) is 0 Å². The number of amides is 1. The van der Waals surface area contributed by atoms with Crippen LogP contribution in [0.1, 0.15) is 24.0 Å². The van der Waals surface area contributed by atoms with E-state index in [1.54, 1.807) is 12.1 Å². The van der Waals surface area contributed by atoms with Crippen molar-refractivity contribution in [2.75, 3.05) is 18.4 Å². The number of nitrogens with one attached hydrogen (secondary N) is 1. The van der Waals surface area contributed by atoms with E-state index in [-0.39, 0.29) is 17.6 Å². The third-order valence-electron chi connectivity index (χ3n) is 4.69. The maximum absolute atomic E-state index is 13.9. The fraction of sp³-hybridized carbons (Fsp3) is 0.350. The summed E-state index contributed by atoms with van der Waals surface area (Å²) < 4.78 is 13.9. The lowest BCUT2D eigenvalue weighted by atomic mass is 9.95. The van der Waals surface area contributed by atoms with Gasteiger partial charge in [-0.25, -0.2) is 4.39 Å². The van der Waals surface area contributed by atoms with Gasteiger partial charge in [0, 0.05) is 28.7 Å². The topological polar surface area (TPSA) is 32.3 Å². The Morgan fingerprint density at radius 1 is 1.20 bits per heavy atom. The van der Waals surface area contributed by atoms with Gasteiger partial charge in [0.25, 0.3) is 0 Å². The first-order valence-electron chi connectivity index (χ1n) is 8.55. The highest BCUT2D eigenvalue weighted by Gasteiger charge is 2.25. The number of halogens is 2. The molecule has 1 amide bonds. The van der Waals surface area contributed by atoms with Crippen LogP contribution in [0.4, 0.5) is 10.1 Å². The summed E-state index contributed by atoms with van der Waals surface area (Å²) in [5.41, 5.74) is 2.65. The predicted molar refractivity (Wildman–Crippen MR) is 99.2 cm³/mol. The fourth-order valence-electron chi connectivity index (χ4n) is 3.13. The number of rotatable bonds is 4. The highest BCUT2D eigenvalue weighted by Crippen LogP contribution is 2.23. The van der Waals surface area contributed by atoms with Crippen molar-refractivity contribution in [3.63, 3.8) is 0 Å². The molecule has 1 heterocycles. The molecule has 0 bridgehead atoms. The second kappa shape index (κ2) is 7.98. The Morgan fingerprint density at radius 2 is 1.88 bits per heavy atom. The van der Waals surface area contributed by atoms with Crippen LogP contribution >= 0.6 is 11.6 Å². The van der Waals surface area contributed by atoms with Crippen molar-refractivity contribution in [1.82, 2.24) is 4.90 Å². The first-order valence-corrected chi connectivity index (χ1v) is 8.93. The third kappa shape index (κ3) is 4.80. The number of carbonyl (C=O) groups excluding carboxylic acids is 1. The van der Waals surface area contributed by atoms with Gasteiger partial charge in [-0.3, -0.25) is 9.69 Å². The Kier molecular flexibility index (Phi) is 5.71. The summed E-state index contributed by atoms with van der Waals surface area (Å²) in [7, 11) is 0. The van der Waals surface area contributed by atoms with Crippen molar-refractivity contribution in [3.05, 3.63) is 64.4 Å². The summed E-state index contributed by atoms with van der Waals surface area (Å²) in [5.74, 6) is -0.194. The summed E-state index contributed by atoms with van der Waals surface area (Å²) in [6.45, 7) is 4.14. The molecule has 2 aromatic carbocycles. The van der Waals surface area contributed by atoms with Gasteiger partial charge in [0.2, 0.25) is 5.91 Å². The Bertz CT molecular complexity index is 740. The van der Waals surface area contributed by atoms with E-state index in [0.29, 0.717) is 17.1 Å². The molecule has 0 aromatic heterocycles. The molecule has 1 aliphatic heterocycles.